The number of carbonyl (C=O) groups is 2. The molecule has 168 valence electrons. The van der Waals surface area contributed by atoms with Crippen LogP contribution >= 0.6 is 11.6 Å². The fraction of sp³-hybridized carbons (Fsp3) is 0.160. The fourth-order valence-corrected chi connectivity index (χ4v) is 3.65. The Kier molecular flexibility index (Phi) is 7.00. The lowest BCUT2D eigenvalue weighted by Crippen LogP contribution is -2.25. The summed E-state index contributed by atoms with van der Waals surface area (Å²) in [5.41, 5.74) is 2.72. The minimum Gasteiger partial charge on any atom is -0.352 e. The maximum atomic E-state index is 13.1. The Hall–Kier alpha value is -3.71. The van der Waals surface area contributed by atoms with Gasteiger partial charge in [0.05, 0.1) is 11.0 Å². The van der Waals surface area contributed by atoms with Gasteiger partial charge in [0.1, 0.15) is 18.2 Å². The van der Waals surface area contributed by atoms with E-state index >= 15 is 0 Å². The number of halogens is 2. The number of nitrogens with one attached hydrogen (secondary N) is 2. The fourth-order valence-electron chi connectivity index (χ4n) is 3.52. The van der Waals surface area contributed by atoms with E-state index in [4.69, 9.17) is 11.6 Å². The Morgan fingerprint density at radius 2 is 1.70 bits per heavy atom. The third-order valence-corrected chi connectivity index (χ3v) is 5.38. The van der Waals surface area contributed by atoms with Crippen molar-refractivity contribution in [2.75, 3.05) is 11.9 Å². The van der Waals surface area contributed by atoms with Gasteiger partial charge in [0, 0.05) is 29.2 Å². The molecule has 0 saturated carbocycles. The molecule has 1 heterocycles. The summed E-state index contributed by atoms with van der Waals surface area (Å²) in [6, 6.07) is 19.9. The average Bonchev–Trinajstić information content (AvgIpc) is 3.15. The van der Waals surface area contributed by atoms with Gasteiger partial charge in [-0.15, -0.1) is 0 Å². The molecule has 3 aromatic carbocycles. The van der Waals surface area contributed by atoms with E-state index < -0.39 is 0 Å². The normalized spacial score (nSPS) is 10.8. The van der Waals surface area contributed by atoms with Crippen LogP contribution in [0.4, 0.5) is 10.1 Å². The van der Waals surface area contributed by atoms with Crippen LogP contribution in [0.1, 0.15) is 22.6 Å². The molecule has 6 nitrogen and oxygen atoms in total. The van der Waals surface area contributed by atoms with Crippen LogP contribution in [0.3, 0.4) is 0 Å². The number of fused-ring (bicyclic) bond motifs is 1. The Labute approximate surface area is 195 Å². The van der Waals surface area contributed by atoms with Crippen LogP contribution in [0.5, 0.6) is 0 Å². The van der Waals surface area contributed by atoms with Crippen molar-refractivity contribution >= 4 is 40.1 Å². The molecule has 0 bridgehead atoms. The maximum Gasteiger partial charge on any atom is 0.251 e. The van der Waals surface area contributed by atoms with Crippen LogP contribution in [0.25, 0.3) is 11.0 Å². The molecular formula is C25H22ClFN4O2. The van der Waals surface area contributed by atoms with Gasteiger partial charge >= 0.3 is 0 Å². The van der Waals surface area contributed by atoms with E-state index in [2.05, 4.69) is 15.6 Å². The van der Waals surface area contributed by atoms with Crippen molar-refractivity contribution in [2.45, 2.75) is 19.4 Å². The van der Waals surface area contributed by atoms with Gasteiger partial charge in [-0.25, -0.2) is 9.37 Å². The zero-order chi connectivity index (χ0) is 23.2. The van der Waals surface area contributed by atoms with Crippen molar-refractivity contribution in [1.82, 2.24) is 14.9 Å². The predicted octanol–water partition coefficient (Wildman–Crippen LogP) is 4.83. The van der Waals surface area contributed by atoms with Crippen molar-refractivity contribution in [3.63, 3.8) is 0 Å². The molecule has 0 fully saturated rings. The number of hydrogen-bond donors (Lipinski definition) is 2. The van der Waals surface area contributed by atoms with E-state index in [0.29, 0.717) is 35.7 Å². The third kappa shape index (κ3) is 5.75. The first-order valence-corrected chi connectivity index (χ1v) is 10.9. The summed E-state index contributed by atoms with van der Waals surface area (Å²) in [5.74, 6) is -0.00821. The number of benzene rings is 3. The van der Waals surface area contributed by atoms with E-state index in [9.17, 15) is 14.0 Å². The average molecular weight is 465 g/mol. The highest BCUT2D eigenvalue weighted by Crippen LogP contribution is 2.18. The van der Waals surface area contributed by atoms with Crippen molar-refractivity contribution < 1.29 is 14.0 Å². The summed E-state index contributed by atoms with van der Waals surface area (Å²) in [4.78, 5) is 29.6. The van der Waals surface area contributed by atoms with Crippen LogP contribution in [-0.4, -0.2) is 27.9 Å². The van der Waals surface area contributed by atoms with E-state index in [-0.39, 0.29) is 24.2 Å². The van der Waals surface area contributed by atoms with Crippen LogP contribution in [-0.2, 0) is 17.8 Å². The number of carbonyl (C=O) groups excluding carboxylic acids is 2. The van der Waals surface area contributed by atoms with Crippen LogP contribution in [0.2, 0.25) is 5.02 Å². The van der Waals surface area contributed by atoms with Crippen LogP contribution in [0, 0.1) is 5.82 Å². The van der Waals surface area contributed by atoms with Gasteiger partial charge in [0.25, 0.3) is 5.91 Å². The second-order valence-electron chi connectivity index (χ2n) is 7.52. The van der Waals surface area contributed by atoms with Gasteiger partial charge in [0.15, 0.2) is 0 Å². The monoisotopic (exact) mass is 464 g/mol. The van der Waals surface area contributed by atoms with Crippen LogP contribution < -0.4 is 10.6 Å². The Morgan fingerprint density at radius 1 is 0.970 bits per heavy atom. The number of aromatic nitrogens is 2. The SMILES string of the molecule is O=C(Cn1c(CCCNC(=O)c2ccc(Cl)cc2)nc2ccccc21)Nc1ccc(F)cc1. The number of rotatable bonds is 8. The highest BCUT2D eigenvalue weighted by molar-refractivity contribution is 6.30. The van der Waals surface area contributed by atoms with Gasteiger partial charge in [0.2, 0.25) is 5.91 Å². The molecule has 1 aromatic heterocycles. The van der Waals surface area contributed by atoms with Crippen molar-refractivity contribution in [2.24, 2.45) is 0 Å². The van der Waals surface area contributed by atoms with Gasteiger partial charge in [-0.2, -0.15) is 0 Å². The molecule has 0 aliphatic carbocycles. The molecule has 4 aromatic rings. The molecule has 33 heavy (non-hydrogen) atoms. The van der Waals surface area contributed by atoms with E-state index in [0.717, 1.165) is 16.9 Å². The van der Waals surface area contributed by atoms with Crippen molar-refractivity contribution in [1.29, 1.82) is 0 Å². The topological polar surface area (TPSA) is 76.0 Å². The van der Waals surface area contributed by atoms with Crippen molar-refractivity contribution in [3.05, 3.63) is 95.0 Å². The molecule has 0 aliphatic rings. The first kappa shape index (κ1) is 22.5. The summed E-state index contributed by atoms with van der Waals surface area (Å²) in [6.07, 6.45) is 1.24. The molecule has 0 aliphatic heterocycles. The molecule has 0 radical (unpaired) electrons. The molecule has 0 spiro atoms. The zero-order valence-corrected chi connectivity index (χ0v) is 18.5. The maximum absolute atomic E-state index is 13.1. The molecule has 4 rings (SSSR count). The van der Waals surface area contributed by atoms with Gasteiger partial charge in [-0.1, -0.05) is 23.7 Å². The smallest absolute Gasteiger partial charge is 0.251 e. The Morgan fingerprint density at radius 3 is 2.45 bits per heavy atom. The summed E-state index contributed by atoms with van der Waals surface area (Å²) in [7, 11) is 0. The molecule has 8 heteroatoms. The lowest BCUT2D eigenvalue weighted by atomic mass is 10.2. The standard InChI is InChI=1S/C25H22ClFN4O2/c26-18-9-7-17(8-10-18)25(33)28-15-3-6-23-30-21-4-1-2-5-22(21)31(23)16-24(32)29-20-13-11-19(27)12-14-20/h1-2,4-5,7-14H,3,6,15-16H2,(H,28,33)(H,29,32). The lowest BCUT2D eigenvalue weighted by Gasteiger charge is -2.11. The van der Waals surface area contributed by atoms with Gasteiger partial charge in [-0.05, 0) is 67.1 Å². The van der Waals surface area contributed by atoms with E-state index in [1.165, 1.54) is 24.3 Å². The van der Waals surface area contributed by atoms with Crippen LogP contribution in [0.15, 0.2) is 72.8 Å². The second kappa shape index (κ2) is 10.3. The number of aryl methyl sites for hydroxylation is 1. The second-order valence-corrected chi connectivity index (χ2v) is 7.96. The minimum atomic E-state index is -0.362. The third-order valence-electron chi connectivity index (χ3n) is 5.13. The highest BCUT2D eigenvalue weighted by atomic mass is 35.5. The Balaban J connectivity index is 1.40. The number of imidazole rings is 1. The quantitative estimate of drug-likeness (QED) is 0.367. The minimum absolute atomic E-state index is 0.0738. The largest absolute Gasteiger partial charge is 0.352 e. The van der Waals surface area contributed by atoms with E-state index in [1.54, 1.807) is 24.3 Å². The molecule has 0 unspecified atom stereocenters. The number of amides is 2. The molecule has 2 amide bonds. The summed E-state index contributed by atoms with van der Waals surface area (Å²) >= 11 is 5.86. The van der Waals surface area contributed by atoms with Crippen molar-refractivity contribution in [3.8, 4) is 0 Å². The van der Waals surface area contributed by atoms with Gasteiger partial charge in [-0.3, -0.25) is 9.59 Å². The number of nitrogens with zero attached hydrogens (tertiary/aromatic N) is 2. The number of hydrogen-bond acceptors (Lipinski definition) is 3. The summed E-state index contributed by atoms with van der Waals surface area (Å²) in [6.45, 7) is 0.538. The molecule has 0 saturated heterocycles. The molecule has 2 N–H and O–H groups in total. The Bertz CT molecular complexity index is 1270. The first-order chi connectivity index (χ1) is 16.0. The number of anilines is 1. The zero-order valence-electron chi connectivity index (χ0n) is 17.7. The summed E-state index contributed by atoms with van der Waals surface area (Å²) < 4.78 is 15.0. The van der Waals surface area contributed by atoms with Gasteiger partial charge < -0.3 is 15.2 Å². The predicted molar refractivity (Wildman–Crippen MR) is 127 cm³/mol. The lowest BCUT2D eigenvalue weighted by molar-refractivity contribution is -0.116. The van der Waals surface area contributed by atoms with E-state index in [1.807, 2.05) is 28.8 Å². The summed E-state index contributed by atoms with van der Waals surface area (Å²) in [5, 5.41) is 6.25. The molecular weight excluding hydrogens is 443 g/mol. The molecule has 0 atom stereocenters. The first-order valence-electron chi connectivity index (χ1n) is 10.5. The number of para-hydroxylation sites is 2. The highest BCUT2D eigenvalue weighted by Gasteiger charge is 2.14.